The van der Waals surface area contributed by atoms with Crippen molar-refractivity contribution < 1.29 is 19.4 Å². The molecule has 2 aliphatic rings. The van der Waals surface area contributed by atoms with E-state index in [1.807, 2.05) is 18.2 Å². The fraction of sp³-hybridized carbons (Fsp3) is 0.462. The number of anilines is 1. The number of hydrogen-bond acceptors (Lipinski definition) is 5. The molecule has 0 bridgehead atoms. The van der Waals surface area contributed by atoms with E-state index in [9.17, 15) is 4.79 Å². The standard InChI is InChI=1S/C13H16N2O4/c16-12(17)6-13(7-14-8-13)15-9-1-2-10-11(5-9)19-4-3-18-10/h1-2,5,14-15H,3-4,6-8H2,(H,16,17). The summed E-state index contributed by atoms with van der Waals surface area (Å²) in [6, 6.07) is 5.59. The SMILES string of the molecule is O=C(O)CC1(Nc2ccc3c(c2)OCCO3)CNC1. The van der Waals surface area contributed by atoms with E-state index in [2.05, 4.69) is 10.6 Å². The Morgan fingerprint density at radius 2 is 2.05 bits per heavy atom. The molecule has 19 heavy (non-hydrogen) atoms. The van der Waals surface area contributed by atoms with E-state index in [1.165, 1.54) is 0 Å². The van der Waals surface area contributed by atoms with Gasteiger partial charge in [0.1, 0.15) is 13.2 Å². The van der Waals surface area contributed by atoms with Gasteiger partial charge >= 0.3 is 5.97 Å². The first kappa shape index (κ1) is 12.1. The van der Waals surface area contributed by atoms with E-state index < -0.39 is 11.5 Å². The lowest BCUT2D eigenvalue weighted by molar-refractivity contribution is -0.138. The summed E-state index contributed by atoms with van der Waals surface area (Å²) in [5, 5.41) is 15.4. The summed E-state index contributed by atoms with van der Waals surface area (Å²) >= 11 is 0. The Hall–Kier alpha value is -1.95. The largest absolute Gasteiger partial charge is 0.486 e. The van der Waals surface area contributed by atoms with E-state index in [1.54, 1.807) is 0 Å². The Morgan fingerprint density at radius 1 is 1.32 bits per heavy atom. The van der Waals surface area contributed by atoms with Gasteiger partial charge in [0.15, 0.2) is 11.5 Å². The van der Waals surface area contributed by atoms with Crippen LogP contribution < -0.4 is 20.1 Å². The van der Waals surface area contributed by atoms with Crippen LogP contribution in [0.1, 0.15) is 6.42 Å². The van der Waals surface area contributed by atoms with Crippen LogP contribution in [-0.2, 0) is 4.79 Å². The molecule has 1 aromatic rings. The number of nitrogens with one attached hydrogen (secondary N) is 2. The number of ether oxygens (including phenoxy) is 2. The second kappa shape index (κ2) is 4.62. The number of carbonyl (C=O) groups is 1. The van der Waals surface area contributed by atoms with Gasteiger partial charge in [0.25, 0.3) is 0 Å². The van der Waals surface area contributed by atoms with Gasteiger partial charge in [-0.2, -0.15) is 0 Å². The summed E-state index contributed by atoms with van der Waals surface area (Å²) in [6.45, 7) is 2.40. The van der Waals surface area contributed by atoms with E-state index in [-0.39, 0.29) is 6.42 Å². The number of carboxylic acid groups (broad SMARTS) is 1. The fourth-order valence-corrected chi connectivity index (χ4v) is 2.40. The first-order valence-electron chi connectivity index (χ1n) is 6.27. The van der Waals surface area contributed by atoms with Crippen molar-refractivity contribution in [2.75, 3.05) is 31.6 Å². The third-order valence-corrected chi connectivity index (χ3v) is 3.37. The zero-order valence-corrected chi connectivity index (χ0v) is 10.4. The monoisotopic (exact) mass is 264 g/mol. The van der Waals surface area contributed by atoms with Crippen LogP contribution in [0.4, 0.5) is 5.69 Å². The van der Waals surface area contributed by atoms with Gasteiger partial charge in [-0.3, -0.25) is 4.79 Å². The zero-order valence-electron chi connectivity index (χ0n) is 10.4. The molecule has 3 N–H and O–H groups in total. The highest BCUT2D eigenvalue weighted by molar-refractivity contribution is 5.70. The van der Waals surface area contributed by atoms with Crippen molar-refractivity contribution in [1.82, 2.24) is 5.32 Å². The summed E-state index contributed by atoms with van der Waals surface area (Å²) in [5.74, 6) is 0.636. The van der Waals surface area contributed by atoms with Crippen molar-refractivity contribution in [3.05, 3.63) is 18.2 Å². The Balaban J connectivity index is 1.77. The first-order chi connectivity index (χ1) is 9.17. The molecule has 0 radical (unpaired) electrons. The molecular formula is C13H16N2O4. The number of carboxylic acids is 1. The zero-order chi connectivity index (χ0) is 13.3. The number of aliphatic carboxylic acids is 1. The molecule has 6 heteroatoms. The molecule has 1 saturated heterocycles. The normalized spacial score (nSPS) is 19.4. The van der Waals surface area contributed by atoms with Crippen molar-refractivity contribution in [2.24, 2.45) is 0 Å². The van der Waals surface area contributed by atoms with Crippen LogP contribution in [0.2, 0.25) is 0 Å². The van der Waals surface area contributed by atoms with Gasteiger partial charge < -0.3 is 25.2 Å². The molecule has 1 fully saturated rings. The lowest BCUT2D eigenvalue weighted by Crippen LogP contribution is -2.65. The van der Waals surface area contributed by atoms with Crippen LogP contribution in [0.3, 0.4) is 0 Å². The topological polar surface area (TPSA) is 79.8 Å². The third-order valence-electron chi connectivity index (χ3n) is 3.37. The highest BCUT2D eigenvalue weighted by atomic mass is 16.6. The maximum atomic E-state index is 10.9. The van der Waals surface area contributed by atoms with Crippen molar-refractivity contribution >= 4 is 11.7 Å². The maximum Gasteiger partial charge on any atom is 0.305 e. The second-order valence-electron chi connectivity index (χ2n) is 4.94. The Morgan fingerprint density at radius 3 is 2.68 bits per heavy atom. The molecule has 0 atom stereocenters. The number of benzene rings is 1. The minimum absolute atomic E-state index is 0.0917. The van der Waals surface area contributed by atoms with Gasteiger partial charge in [0.2, 0.25) is 0 Å². The average molecular weight is 264 g/mol. The lowest BCUT2D eigenvalue weighted by Gasteiger charge is -2.43. The Bertz CT molecular complexity index is 499. The Kier molecular flexibility index (Phi) is 2.94. The van der Waals surface area contributed by atoms with E-state index in [0.717, 1.165) is 11.4 Å². The molecule has 2 aliphatic heterocycles. The quantitative estimate of drug-likeness (QED) is 0.742. The molecule has 3 rings (SSSR count). The van der Waals surface area contributed by atoms with Crippen molar-refractivity contribution in [1.29, 1.82) is 0 Å². The van der Waals surface area contributed by atoms with E-state index in [0.29, 0.717) is 32.1 Å². The average Bonchev–Trinajstić information content (AvgIpc) is 2.35. The molecule has 2 heterocycles. The summed E-state index contributed by atoms with van der Waals surface area (Å²) < 4.78 is 11.0. The molecule has 0 unspecified atom stereocenters. The van der Waals surface area contributed by atoms with E-state index in [4.69, 9.17) is 14.6 Å². The predicted octanol–water partition coefficient (Wildman–Crippen LogP) is 0.686. The number of hydrogen-bond donors (Lipinski definition) is 3. The van der Waals surface area contributed by atoms with Crippen molar-refractivity contribution in [3.63, 3.8) is 0 Å². The van der Waals surface area contributed by atoms with Gasteiger partial charge in [0, 0.05) is 24.8 Å². The summed E-state index contributed by atoms with van der Waals surface area (Å²) in [7, 11) is 0. The lowest BCUT2D eigenvalue weighted by atomic mass is 9.88. The molecule has 0 spiro atoms. The number of fused-ring (bicyclic) bond motifs is 1. The Labute approximate surface area is 110 Å². The molecule has 0 aliphatic carbocycles. The summed E-state index contributed by atoms with van der Waals surface area (Å²) in [4.78, 5) is 10.9. The molecular weight excluding hydrogens is 248 g/mol. The second-order valence-corrected chi connectivity index (χ2v) is 4.94. The molecule has 1 aromatic carbocycles. The molecule has 0 amide bonds. The summed E-state index contributed by atoms with van der Waals surface area (Å²) in [6.07, 6.45) is 0.0917. The van der Waals surface area contributed by atoms with Crippen molar-refractivity contribution in [3.8, 4) is 11.5 Å². The van der Waals surface area contributed by atoms with Gasteiger partial charge in [-0.05, 0) is 12.1 Å². The smallest absolute Gasteiger partial charge is 0.305 e. The van der Waals surface area contributed by atoms with Gasteiger partial charge in [-0.1, -0.05) is 0 Å². The van der Waals surface area contributed by atoms with Crippen LogP contribution in [-0.4, -0.2) is 42.9 Å². The molecule has 0 aromatic heterocycles. The molecule has 6 nitrogen and oxygen atoms in total. The van der Waals surface area contributed by atoms with Crippen LogP contribution in [0.25, 0.3) is 0 Å². The predicted molar refractivity (Wildman–Crippen MR) is 68.9 cm³/mol. The van der Waals surface area contributed by atoms with Crippen molar-refractivity contribution in [2.45, 2.75) is 12.0 Å². The van der Waals surface area contributed by atoms with Crippen LogP contribution in [0, 0.1) is 0 Å². The van der Waals surface area contributed by atoms with Gasteiger partial charge in [-0.15, -0.1) is 0 Å². The van der Waals surface area contributed by atoms with Crippen LogP contribution in [0.15, 0.2) is 18.2 Å². The van der Waals surface area contributed by atoms with Gasteiger partial charge in [-0.25, -0.2) is 0 Å². The maximum absolute atomic E-state index is 10.9. The minimum atomic E-state index is -0.799. The molecule has 102 valence electrons. The highest BCUT2D eigenvalue weighted by Gasteiger charge is 2.39. The van der Waals surface area contributed by atoms with Crippen LogP contribution in [0.5, 0.6) is 11.5 Å². The summed E-state index contributed by atoms with van der Waals surface area (Å²) in [5.41, 5.74) is 0.447. The van der Waals surface area contributed by atoms with Crippen LogP contribution >= 0.6 is 0 Å². The molecule has 0 saturated carbocycles. The third kappa shape index (κ3) is 2.44. The van der Waals surface area contributed by atoms with Gasteiger partial charge in [0.05, 0.1) is 12.0 Å². The number of rotatable bonds is 4. The van der Waals surface area contributed by atoms with E-state index >= 15 is 0 Å². The fourth-order valence-electron chi connectivity index (χ4n) is 2.40. The highest BCUT2D eigenvalue weighted by Crippen LogP contribution is 2.34. The first-order valence-corrected chi connectivity index (χ1v) is 6.27. The minimum Gasteiger partial charge on any atom is -0.486 e.